The van der Waals surface area contributed by atoms with Gasteiger partial charge in [-0.15, -0.1) is 0 Å². The zero-order valence-electron chi connectivity index (χ0n) is 19.8. The Hall–Kier alpha value is -4.33. The van der Waals surface area contributed by atoms with Gasteiger partial charge in [0.1, 0.15) is 16.5 Å². The number of imidazole rings is 1. The maximum atomic E-state index is 13.2. The lowest BCUT2D eigenvalue weighted by Crippen LogP contribution is -2.46. The molecule has 0 atom stereocenters. The first-order valence-electron chi connectivity index (χ1n) is 11.0. The number of benzene rings is 2. The Balaban J connectivity index is 1.77. The van der Waals surface area contributed by atoms with Crippen LogP contribution in [0.1, 0.15) is 55.0 Å². The summed E-state index contributed by atoms with van der Waals surface area (Å²) in [6.07, 6.45) is 2.88. The molecule has 4 rings (SSSR count). The van der Waals surface area contributed by atoms with Gasteiger partial charge in [0.25, 0.3) is 11.1 Å². The number of halogens is 1. The zero-order valence-corrected chi connectivity index (χ0v) is 18.8. The van der Waals surface area contributed by atoms with Crippen molar-refractivity contribution < 1.29 is 10.6 Å². The molecule has 0 fully saturated rings. The number of hydrogen-bond donors (Lipinski definition) is 3. The van der Waals surface area contributed by atoms with E-state index in [4.69, 9.17) is 1.37 Å². The smallest absolute Gasteiger partial charge is 0.272 e. The van der Waals surface area contributed by atoms with Crippen LogP contribution in [0.4, 0.5) is 4.39 Å². The van der Waals surface area contributed by atoms with E-state index in [0.29, 0.717) is 28.1 Å². The predicted octanol–water partition coefficient (Wildman–Crippen LogP) is 2.11. The molecule has 0 amide bonds. The molecule has 4 aromatic rings. The van der Waals surface area contributed by atoms with Gasteiger partial charge in [-0.25, -0.2) is 9.37 Å². The Kier molecular flexibility index (Phi) is 5.63. The minimum absolute atomic E-state index is 0.0291. The monoisotopic (exact) mass is 459 g/mol. The van der Waals surface area contributed by atoms with Crippen LogP contribution in [0.25, 0.3) is 12.1 Å². The molecule has 0 spiro atoms. The van der Waals surface area contributed by atoms with Gasteiger partial charge in [-0.05, 0) is 48.0 Å². The standard InChI is InChI=1S/C26H23FN4O3/c1-26(2,3)23-19(28-14-29-23)13-21-25(34)30-20(24(33)31-21)12-15-5-4-6-17(11-15)22(32)16-7-9-18(27)10-8-16/h4-14H,1-3H3,(H,28,29)(H,30,34)(H,31,33)/i13D. The first-order chi connectivity index (χ1) is 16.5. The maximum Gasteiger partial charge on any atom is 0.272 e. The van der Waals surface area contributed by atoms with Gasteiger partial charge in [-0.2, -0.15) is 0 Å². The molecule has 0 aliphatic heterocycles. The van der Waals surface area contributed by atoms with Crippen LogP contribution in [0.3, 0.4) is 0 Å². The van der Waals surface area contributed by atoms with Crippen molar-refractivity contribution in [3.05, 3.63) is 120 Å². The second kappa shape index (κ2) is 8.90. The molecule has 0 bridgehead atoms. The Morgan fingerprint density at radius 3 is 2.38 bits per heavy atom. The topological polar surface area (TPSA) is 111 Å². The van der Waals surface area contributed by atoms with E-state index in [1.54, 1.807) is 24.3 Å². The average molecular weight is 459 g/mol. The van der Waals surface area contributed by atoms with Gasteiger partial charge in [-0.3, -0.25) is 14.4 Å². The van der Waals surface area contributed by atoms with E-state index in [0.717, 1.165) is 0 Å². The number of carbonyl (C=O) groups excluding carboxylic acids is 1. The molecule has 3 N–H and O–H groups in total. The van der Waals surface area contributed by atoms with Crippen LogP contribution >= 0.6 is 0 Å². The van der Waals surface area contributed by atoms with Crippen molar-refractivity contribution >= 4 is 17.9 Å². The molecule has 8 heteroatoms. The summed E-state index contributed by atoms with van der Waals surface area (Å²) < 4.78 is 21.6. The third-order valence-electron chi connectivity index (χ3n) is 5.12. The highest BCUT2D eigenvalue weighted by atomic mass is 19.1. The molecular formula is C26H23FN4O3. The molecule has 2 aromatic carbocycles. The van der Waals surface area contributed by atoms with E-state index in [2.05, 4.69) is 19.9 Å². The molecule has 0 aliphatic rings. The van der Waals surface area contributed by atoms with Crippen LogP contribution in [0.2, 0.25) is 0 Å². The van der Waals surface area contributed by atoms with Crippen LogP contribution in [-0.4, -0.2) is 25.7 Å². The zero-order chi connectivity index (χ0) is 25.3. The Morgan fingerprint density at radius 2 is 1.68 bits per heavy atom. The highest BCUT2D eigenvalue weighted by molar-refractivity contribution is 6.09. The summed E-state index contributed by atoms with van der Waals surface area (Å²) in [6.45, 7) is 5.79. The van der Waals surface area contributed by atoms with Crippen molar-refractivity contribution in [3.8, 4) is 0 Å². The molecule has 0 saturated heterocycles. The van der Waals surface area contributed by atoms with E-state index in [-0.39, 0.29) is 27.9 Å². The number of nitrogens with zero attached hydrogens (tertiary/aromatic N) is 1. The number of carbonyl (C=O) groups is 1. The van der Waals surface area contributed by atoms with Crippen molar-refractivity contribution in [1.29, 1.82) is 0 Å². The lowest BCUT2D eigenvalue weighted by atomic mass is 9.90. The van der Waals surface area contributed by atoms with Gasteiger partial charge in [0.05, 0.1) is 19.1 Å². The molecular weight excluding hydrogens is 435 g/mol. The molecule has 0 saturated carbocycles. The van der Waals surface area contributed by atoms with Gasteiger partial charge in [-0.1, -0.05) is 39.0 Å². The van der Waals surface area contributed by atoms with E-state index < -0.39 is 16.9 Å². The lowest BCUT2D eigenvalue weighted by Gasteiger charge is -2.16. The minimum atomic E-state index is -0.645. The third kappa shape index (κ3) is 4.85. The number of nitrogens with one attached hydrogen (secondary N) is 3. The number of aromatic nitrogens is 4. The fraction of sp³-hybridized carbons (Fsp3) is 0.154. The fourth-order valence-electron chi connectivity index (χ4n) is 3.46. The quantitative estimate of drug-likeness (QED) is 0.406. The average Bonchev–Trinajstić information content (AvgIpc) is 3.32. The second-order valence-corrected chi connectivity index (χ2v) is 8.80. The van der Waals surface area contributed by atoms with Crippen molar-refractivity contribution in [2.45, 2.75) is 26.2 Å². The second-order valence-electron chi connectivity index (χ2n) is 8.80. The van der Waals surface area contributed by atoms with E-state index in [1.807, 2.05) is 20.8 Å². The van der Waals surface area contributed by atoms with Gasteiger partial charge < -0.3 is 15.0 Å². The SMILES string of the molecule is [2H]C(c1[nH]cnc1C(C)(C)C)=c1[nH]c(=O)c(=Cc2cccc(C(=O)c3ccc(F)cc3)c2)[nH]c1=O. The Bertz CT molecular complexity index is 1660. The normalized spacial score (nSPS) is 13.5. The number of ketones is 1. The minimum Gasteiger partial charge on any atom is -0.345 e. The van der Waals surface area contributed by atoms with Crippen LogP contribution in [0.15, 0.2) is 64.4 Å². The molecule has 0 radical (unpaired) electrons. The number of aromatic amines is 3. The van der Waals surface area contributed by atoms with E-state index in [1.165, 1.54) is 36.7 Å². The van der Waals surface area contributed by atoms with Gasteiger partial charge in [0.15, 0.2) is 5.78 Å². The molecule has 34 heavy (non-hydrogen) atoms. The Labute approximate surface area is 195 Å². The highest BCUT2D eigenvalue weighted by Crippen LogP contribution is 2.22. The summed E-state index contributed by atoms with van der Waals surface area (Å²) >= 11 is 0. The summed E-state index contributed by atoms with van der Waals surface area (Å²) in [5.41, 5.74) is 0.500. The number of H-pyrrole nitrogens is 3. The van der Waals surface area contributed by atoms with Crippen molar-refractivity contribution in [3.63, 3.8) is 0 Å². The summed E-state index contributed by atoms with van der Waals surface area (Å²) in [5.74, 6) is -0.744. The summed E-state index contributed by atoms with van der Waals surface area (Å²) in [7, 11) is 0. The van der Waals surface area contributed by atoms with Gasteiger partial charge in [0, 0.05) is 16.5 Å². The molecule has 0 unspecified atom stereocenters. The third-order valence-corrected chi connectivity index (χ3v) is 5.12. The number of hydrogen-bond acceptors (Lipinski definition) is 4. The number of rotatable bonds is 4. The molecule has 0 aliphatic carbocycles. The van der Waals surface area contributed by atoms with Gasteiger partial charge in [0.2, 0.25) is 0 Å². The predicted molar refractivity (Wildman–Crippen MR) is 128 cm³/mol. The largest absolute Gasteiger partial charge is 0.345 e. The Morgan fingerprint density at radius 1 is 1.00 bits per heavy atom. The van der Waals surface area contributed by atoms with Gasteiger partial charge >= 0.3 is 0 Å². The van der Waals surface area contributed by atoms with E-state index >= 15 is 0 Å². The van der Waals surface area contributed by atoms with Crippen molar-refractivity contribution in [2.75, 3.05) is 0 Å². The summed E-state index contributed by atoms with van der Waals surface area (Å²) in [5, 5.41) is -0.222. The van der Waals surface area contributed by atoms with Crippen LogP contribution in [0.5, 0.6) is 0 Å². The van der Waals surface area contributed by atoms with Crippen molar-refractivity contribution in [1.82, 2.24) is 19.9 Å². The fourth-order valence-corrected chi connectivity index (χ4v) is 3.46. The maximum absolute atomic E-state index is 13.2. The highest BCUT2D eigenvalue weighted by Gasteiger charge is 2.19. The van der Waals surface area contributed by atoms with Crippen molar-refractivity contribution in [2.24, 2.45) is 0 Å². The first-order valence-corrected chi connectivity index (χ1v) is 10.5. The molecule has 172 valence electrons. The first kappa shape index (κ1) is 21.5. The van der Waals surface area contributed by atoms with E-state index in [9.17, 15) is 18.8 Å². The molecule has 2 heterocycles. The summed E-state index contributed by atoms with van der Waals surface area (Å²) in [4.78, 5) is 50.4. The van der Waals surface area contributed by atoms with Crippen LogP contribution in [-0.2, 0) is 5.41 Å². The summed E-state index contributed by atoms with van der Waals surface area (Å²) in [6, 6.07) is 11.5. The molecule has 2 aromatic heterocycles. The lowest BCUT2D eigenvalue weighted by molar-refractivity contribution is 0.103. The van der Waals surface area contributed by atoms with Crippen LogP contribution < -0.4 is 21.8 Å². The molecule has 7 nitrogen and oxygen atoms in total. The van der Waals surface area contributed by atoms with Crippen LogP contribution in [0, 0.1) is 5.82 Å².